The van der Waals surface area contributed by atoms with Crippen molar-refractivity contribution in [3.05, 3.63) is 59.5 Å². The molecule has 0 saturated heterocycles. The van der Waals surface area contributed by atoms with Crippen LogP contribution in [0.1, 0.15) is 23.0 Å². The third-order valence-electron chi connectivity index (χ3n) is 3.45. The minimum Gasteiger partial charge on any atom is -0.271 e. The summed E-state index contributed by atoms with van der Waals surface area (Å²) < 4.78 is 1.84. The maximum absolute atomic E-state index is 5.74. The van der Waals surface area contributed by atoms with Crippen molar-refractivity contribution >= 4 is 10.9 Å². The molecule has 1 aromatic carbocycles. The van der Waals surface area contributed by atoms with Crippen LogP contribution in [0.3, 0.4) is 0 Å². The monoisotopic (exact) mass is 267 g/mol. The predicted octanol–water partition coefficient (Wildman–Crippen LogP) is 1.83. The summed E-state index contributed by atoms with van der Waals surface area (Å²) in [6, 6.07) is 12.0. The molecule has 0 fully saturated rings. The molecule has 5 nitrogen and oxygen atoms in total. The predicted molar refractivity (Wildman–Crippen MR) is 78.9 cm³/mol. The van der Waals surface area contributed by atoms with Crippen LogP contribution in [0, 0.1) is 6.92 Å². The van der Waals surface area contributed by atoms with Crippen molar-refractivity contribution in [3.8, 4) is 0 Å². The number of para-hydroxylation sites is 1. The van der Waals surface area contributed by atoms with Crippen LogP contribution in [0.5, 0.6) is 0 Å². The van der Waals surface area contributed by atoms with Crippen molar-refractivity contribution in [2.45, 2.75) is 13.0 Å². The summed E-state index contributed by atoms with van der Waals surface area (Å²) in [5, 5.41) is 5.47. The molecular weight excluding hydrogens is 250 g/mol. The Balaban J connectivity index is 2.09. The van der Waals surface area contributed by atoms with Gasteiger partial charge >= 0.3 is 0 Å². The van der Waals surface area contributed by atoms with E-state index in [-0.39, 0.29) is 6.04 Å². The number of nitrogens with zero attached hydrogens (tertiary/aromatic N) is 3. The van der Waals surface area contributed by atoms with Gasteiger partial charge in [0.25, 0.3) is 0 Å². The first-order valence-electron chi connectivity index (χ1n) is 6.50. The molecule has 0 radical (unpaired) electrons. The van der Waals surface area contributed by atoms with Gasteiger partial charge in [0.05, 0.1) is 22.9 Å². The molecule has 0 amide bonds. The Hall–Kier alpha value is -2.24. The minimum atomic E-state index is -0.127. The van der Waals surface area contributed by atoms with Crippen LogP contribution in [-0.4, -0.2) is 14.8 Å². The molecule has 0 aliphatic heterocycles. The zero-order valence-corrected chi connectivity index (χ0v) is 11.5. The molecule has 3 aromatic rings. The Morgan fingerprint density at radius 2 is 2.05 bits per heavy atom. The Kier molecular flexibility index (Phi) is 3.22. The van der Waals surface area contributed by atoms with Crippen LogP contribution in [-0.2, 0) is 7.05 Å². The highest BCUT2D eigenvalue weighted by atomic mass is 15.3. The standard InChI is InChI=1S/C15H17N5/c1-10-7-14(20(2)19-10)15(18-16)12-8-11-5-3-4-6-13(11)17-9-12/h3-9,15,18H,16H2,1-2H3. The van der Waals surface area contributed by atoms with Crippen molar-refractivity contribution in [1.82, 2.24) is 20.2 Å². The van der Waals surface area contributed by atoms with E-state index in [9.17, 15) is 0 Å². The van der Waals surface area contributed by atoms with E-state index < -0.39 is 0 Å². The van der Waals surface area contributed by atoms with E-state index in [1.54, 1.807) is 0 Å². The van der Waals surface area contributed by atoms with Gasteiger partial charge in [-0.25, -0.2) is 5.43 Å². The second-order valence-electron chi connectivity index (χ2n) is 4.90. The molecular formula is C15H17N5. The van der Waals surface area contributed by atoms with Crippen molar-refractivity contribution in [1.29, 1.82) is 0 Å². The van der Waals surface area contributed by atoms with E-state index in [0.717, 1.165) is 27.9 Å². The Morgan fingerprint density at radius 1 is 1.25 bits per heavy atom. The highest BCUT2D eigenvalue weighted by molar-refractivity contribution is 5.78. The molecule has 20 heavy (non-hydrogen) atoms. The van der Waals surface area contributed by atoms with Gasteiger partial charge < -0.3 is 0 Å². The highest BCUT2D eigenvalue weighted by Crippen LogP contribution is 2.23. The second-order valence-corrected chi connectivity index (χ2v) is 4.90. The number of hydrazine groups is 1. The first kappa shape index (κ1) is 12.8. The lowest BCUT2D eigenvalue weighted by molar-refractivity contribution is 0.573. The third kappa shape index (κ3) is 2.17. The van der Waals surface area contributed by atoms with E-state index in [2.05, 4.69) is 21.6 Å². The third-order valence-corrected chi connectivity index (χ3v) is 3.45. The summed E-state index contributed by atoms with van der Waals surface area (Å²) in [4.78, 5) is 4.49. The molecule has 3 N–H and O–H groups in total. The summed E-state index contributed by atoms with van der Waals surface area (Å²) in [5.41, 5.74) is 6.84. The zero-order valence-electron chi connectivity index (χ0n) is 11.5. The van der Waals surface area contributed by atoms with Crippen molar-refractivity contribution < 1.29 is 0 Å². The Morgan fingerprint density at radius 3 is 2.75 bits per heavy atom. The fourth-order valence-corrected chi connectivity index (χ4v) is 2.50. The number of nitrogens with one attached hydrogen (secondary N) is 1. The smallest absolute Gasteiger partial charge is 0.0893 e. The van der Waals surface area contributed by atoms with Gasteiger partial charge in [0.2, 0.25) is 0 Å². The van der Waals surface area contributed by atoms with Crippen molar-refractivity contribution in [2.75, 3.05) is 0 Å². The molecule has 0 aliphatic rings. The molecule has 3 rings (SSSR count). The largest absolute Gasteiger partial charge is 0.271 e. The van der Waals surface area contributed by atoms with Crippen LogP contribution in [0.2, 0.25) is 0 Å². The Bertz CT molecular complexity index is 747. The quantitative estimate of drug-likeness (QED) is 0.561. The van der Waals surface area contributed by atoms with Gasteiger partial charge in [-0.2, -0.15) is 5.10 Å². The zero-order chi connectivity index (χ0) is 14.1. The SMILES string of the molecule is Cc1cc(C(NN)c2cnc3ccccc3c2)n(C)n1. The van der Waals surface area contributed by atoms with Crippen molar-refractivity contribution in [3.63, 3.8) is 0 Å². The van der Waals surface area contributed by atoms with E-state index in [1.165, 1.54) is 0 Å². The topological polar surface area (TPSA) is 68.8 Å². The maximum Gasteiger partial charge on any atom is 0.0893 e. The van der Waals surface area contributed by atoms with E-state index in [0.29, 0.717) is 0 Å². The minimum absolute atomic E-state index is 0.127. The fraction of sp³-hybridized carbons (Fsp3) is 0.200. The summed E-state index contributed by atoms with van der Waals surface area (Å²) in [6.07, 6.45) is 1.86. The molecule has 1 unspecified atom stereocenters. The summed E-state index contributed by atoms with van der Waals surface area (Å²) in [6.45, 7) is 1.97. The first-order valence-corrected chi connectivity index (χ1v) is 6.50. The number of benzene rings is 1. The van der Waals surface area contributed by atoms with Gasteiger partial charge in [0, 0.05) is 18.6 Å². The van der Waals surface area contributed by atoms with Gasteiger partial charge in [0.1, 0.15) is 0 Å². The van der Waals surface area contributed by atoms with Crippen LogP contribution >= 0.6 is 0 Å². The average molecular weight is 267 g/mol. The number of hydrogen-bond acceptors (Lipinski definition) is 4. The summed E-state index contributed by atoms with van der Waals surface area (Å²) >= 11 is 0. The van der Waals surface area contributed by atoms with Gasteiger partial charge in [-0.3, -0.25) is 15.5 Å². The van der Waals surface area contributed by atoms with Gasteiger partial charge in [-0.1, -0.05) is 18.2 Å². The Labute approximate surface area is 117 Å². The van der Waals surface area contributed by atoms with E-state index in [4.69, 9.17) is 5.84 Å². The van der Waals surface area contributed by atoms with E-state index >= 15 is 0 Å². The van der Waals surface area contributed by atoms with E-state index in [1.807, 2.05) is 55.2 Å². The molecule has 102 valence electrons. The first-order chi connectivity index (χ1) is 9.69. The van der Waals surface area contributed by atoms with Gasteiger partial charge in [-0.05, 0) is 30.7 Å². The number of pyridine rings is 1. The normalized spacial score (nSPS) is 12.8. The lowest BCUT2D eigenvalue weighted by Crippen LogP contribution is -2.30. The van der Waals surface area contributed by atoms with Crippen LogP contribution in [0.25, 0.3) is 10.9 Å². The number of aryl methyl sites for hydroxylation is 2. The summed E-state index contributed by atoms with van der Waals surface area (Å²) in [5.74, 6) is 5.74. The fourth-order valence-electron chi connectivity index (χ4n) is 2.50. The molecule has 0 spiro atoms. The van der Waals surface area contributed by atoms with Gasteiger partial charge in [0.15, 0.2) is 0 Å². The summed E-state index contributed by atoms with van der Waals surface area (Å²) in [7, 11) is 1.92. The lowest BCUT2D eigenvalue weighted by atomic mass is 10.0. The number of fused-ring (bicyclic) bond motifs is 1. The number of rotatable bonds is 3. The number of nitrogens with two attached hydrogens (primary N) is 1. The van der Waals surface area contributed by atoms with Crippen molar-refractivity contribution in [2.24, 2.45) is 12.9 Å². The molecule has 2 aromatic heterocycles. The number of aromatic nitrogens is 3. The maximum atomic E-state index is 5.74. The number of hydrogen-bond donors (Lipinski definition) is 2. The van der Waals surface area contributed by atoms with Crippen LogP contribution in [0.4, 0.5) is 0 Å². The molecule has 0 aliphatic carbocycles. The molecule has 0 saturated carbocycles. The molecule has 2 heterocycles. The average Bonchev–Trinajstić information content (AvgIpc) is 2.78. The molecule has 1 atom stereocenters. The molecule has 5 heteroatoms. The van der Waals surface area contributed by atoms with Crippen LogP contribution in [0.15, 0.2) is 42.6 Å². The van der Waals surface area contributed by atoms with Gasteiger partial charge in [-0.15, -0.1) is 0 Å². The molecule has 0 bridgehead atoms. The van der Waals surface area contributed by atoms with Crippen LogP contribution < -0.4 is 11.3 Å². The highest BCUT2D eigenvalue weighted by Gasteiger charge is 2.17. The lowest BCUT2D eigenvalue weighted by Gasteiger charge is -2.16. The second kappa shape index (κ2) is 5.03.